The number of thiocarbonyl (C=S) groups is 1. The van der Waals surface area contributed by atoms with Gasteiger partial charge < -0.3 is 16.0 Å². The van der Waals surface area contributed by atoms with Gasteiger partial charge in [0.05, 0.1) is 5.25 Å². The van der Waals surface area contributed by atoms with E-state index in [1.165, 1.54) is 11.8 Å². The van der Waals surface area contributed by atoms with Crippen molar-refractivity contribution in [1.82, 2.24) is 4.90 Å². The highest BCUT2D eigenvalue weighted by Gasteiger charge is 2.21. The molecule has 5 nitrogen and oxygen atoms in total. The van der Waals surface area contributed by atoms with Crippen LogP contribution in [0.4, 0.5) is 5.69 Å². The standard InChI is InChI=1S/C15H19N3O2S2/c1-10(22-15(21)18-8-2-3-9-18)14(20)17-12-6-4-11(5-7-12)13(16)19/h4-7,10H,2-3,8-9H2,1H3,(H2,16,19)(H,17,20)/t10-/m0/s1. The van der Waals surface area contributed by atoms with E-state index in [1.54, 1.807) is 24.3 Å². The minimum Gasteiger partial charge on any atom is -0.366 e. The van der Waals surface area contributed by atoms with Crippen molar-refractivity contribution in [3.05, 3.63) is 29.8 Å². The van der Waals surface area contributed by atoms with E-state index in [0.29, 0.717) is 11.3 Å². The van der Waals surface area contributed by atoms with Crippen LogP contribution in [0.5, 0.6) is 0 Å². The number of nitrogens with zero attached hydrogens (tertiary/aromatic N) is 1. The average molecular weight is 337 g/mol. The number of hydrogen-bond acceptors (Lipinski definition) is 4. The molecule has 0 radical (unpaired) electrons. The third-order valence-electron chi connectivity index (χ3n) is 3.45. The Hall–Kier alpha value is -1.60. The second kappa shape index (κ2) is 7.60. The van der Waals surface area contributed by atoms with Crippen LogP contribution in [0.15, 0.2) is 24.3 Å². The van der Waals surface area contributed by atoms with E-state index in [4.69, 9.17) is 18.0 Å². The van der Waals surface area contributed by atoms with Crippen LogP contribution < -0.4 is 11.1 Å². The van der Waals surface area contributed by atoms with Gasteiger partial charge in [0.2, 0.25) is 11.8 Å². The van der Waals surface area contributed by atoms with Crippen molar-refractivity contribution in [2.24, 2.45) is 5.73 Å². The summed E-state index contributed by atoms with van der Waals surface area (Å²) in [5.74, 6) is -0.601. The highest BCUT2D eigenvalue weighted by molar-refractivity contribution is 8.23. The van der Waals surface area contributed by atoms with E-state index in [1.807, 2.05) is 6.92 Å². The van der Waals surface area contributed by atoms with Gasteiger partial charge in [-0.1, -0.05) is 24.0 Å². The summed E-state index contributed by atoms with van der Waals surface area (Å²) in [7, 11) is 0. The number of thioether (sulfide) groups is 1. The molecule has 0 aromatic heterocycles. The molecule has 1 saturated heterocycles. The molecule has 7 heteroatoms. The zero-order valence-electron chi connectivity index (χ0n) is 12.4. The molecule has 1 aromatic carbocycles. The van der Waals surface area contributed by atoms with Gasteiger partial charge in [0.15, 0.2) is 0 Å². The fourth-order valence-corrected chi connectivity index (χ4v) is 3.56. The Morgan fingerprint density at radius 1 is 1.27 bits per heavy atom. The summed E-state index contributed by atoms with van der Waals surface area (Å²) in [5, 5.41) is 2.54. The Morgan fingerprint density at radius 3 is 2.41 bits per heavy atom. The predicted molar refractivity (Wildman–Crippen MR) is 94.0 cm³/mol. The molecule has 22 heavy (non-hydrogen) atoms. The number of carbonyl (C=O) groups excluding carboxylic acids is 2. The van der Waals surface area contributed by atoms with Gasteiger partial charge in [0.25, 0.3) is 0 Å². The van der Waals surface area contributed by atoms with Gasteiger partial charge in [-0.05, 0) is 44.0 Å². The van der Waals surface area contributed by atoms with Crippen LogP contribution in [0, 0.1) is 0 Å². The molecule has 1 aliphatic heterocycles. The lowest BCUT2D eigenvalue weighted by Crippen LogP contribution is -2.29. The third-order valence-corrected chi connectivity index (χ3v) is 5.02. The molecule has 0 spiro atoms. The minimum atomic E-state index is -0.488. The van der Waals surface area contributed by atoms with E-state index >= 15 is 0 Å². The first kappa shape index (κ1) is 16.8. The van der Waals surface area contributed by atoms with Gasteiger partial charge in [-0.3, -0.25) is 9.59 Å². The summed E-state index contributed by atoms with van der Waals surface area (Å²) in [6.07, 6.45) is 2.32. The monoisotopic (exact) mass is 337 g/mol. The van der Waals surface area contributed by atoms with Gasteiger partial charge >= 0.3 is 0 Å². The zero-order chi connectivity index (χ0) is 16.1. The number of primary amides is 1. The maximum atomic E-state index is 12.2. The summed E-state index contributed by atoms with van der Waals surface area (Å²) < 4.78 is 0.782. The van der Waals surface area contributed by atoms with E-state index in [0.717, 1.165) is 30.3 Å². The largest absolute Gasteiger partial charge is 0.366 e. The van der Waals surface area contributed by atoms with Gasteiger partial charge in [-0.15, -0.1) is 0 Å². The molecule has 2 rings (SSSR count). The zero-order valence-corrected chi connectivity index (χ0v) is 14.0. The number of nitrogens with two attached hydrogens (primary N) is 1. The predicted octanol–water partition coefficient (Wildman–Crippen LogP) is 2.23. The van der Waals surface area contributed by atoms with Crippen LogP contribution in [0.2, 0.25) is 0 Å². The topological polar surface area (TPSA) is 75.4 Å². The molecule has 1 heterocycles. The van der Waals surface area contributed by atoms with Gasteiger partial charge in [0.1, 0.15) is 4.32 Å². The van der Waals surface area contributed by atoms with Crippen molar-refractivity contribution in [1.29, 1.82) is 0 Å². The summed E-state index contributed by atoms with van der Waals surface area (Å²) in [6, 6.07) is 6.50. The smallest absolute Gasteiger partial charge is 0.248 e. The summed E-state index contributed by atoms with van der Waals surface area (Å²) in [6.45, 7) is 3.80. The van der Waals surface area contributed by atoms with Crippen molar-refractivity contribution in [2.45, 2.75) is 25.0 Å². The van der Waals surface area contributed by atoms with Crippen molar-refractivity contribution >= 4 is 45.8 Å². The number of carbonyl (C=O) groups is 2. The lowest BCUT2D eigenvalue weighted by Gasteiger charge is -2.20. The molecule has 0 saturated carbocycles. The maximum absolute atomic E-state index is 12.2. The molecule has 1 aromatic rings. The SMILES string of the molecule is C[C@H](SC(=S)N1CCCC1)C(=O)Nc1ccc(C(N)=O)cc1. The lowest BCUT2D eigenvalue weighted by molar-refractivity contribution is -0.115. The van der Waals surface area contributed by atoms with Crippen LogP contribution in [-0.2, 0) is 4.79 Å². The molecule has 0 aliphatic carbocycles. The molecule has 0 bridgehead atoms. The molecule has 1 fully saturated rings. The van der Waals surface area contributed by atoms with Crippen molar-refractivity contribution < 1.29 is 9.59 Å². The van der Waals surface area contributed by atoms with Crippen LogP contribution >= 0.6 is 24.0 Å². The normalized spacial score (nSPS) is 15.4. The van der Waals surface area contributed by atoms with Gasteiger partial charge in [-0.2, -0.15) is 0 Å². The molecular formula is C15H19N3O2S2. The summed E-state index contributed by atoms with van der Waals surface area (Å²) in [5.41, 5.74) is 6.23. The number of likely N-dealkylation sites (tertiary alicyclic amines) is 1. The molecule has 118 valence electrons. The fraction of sp³-hybridized carbons (Fsp3) is 0.400. The molecule has 3 N–H and O–H groups in total. The van der Waals surface area contributed by atoms with Crippen LogP contribution in [0.1, 0.15) is 30.1 Å². The first-order valence-electron chi connectivity index (χ1n) is 7.13. The minimum absolute atomic E-state index is 0.113. The van der Waals surface area contributed by atoms with E-state index in [9.17, 15) is 9.59 Å². The average Bonchev–Trinajstić information content (AvgIpc) is 3.02. The Balaban J connectivity index is 1.87. The molecule has 1 aliphatic rings. The molecular weight excluding hydrogens is 318 g/mol. The molecule has 2 amide bonds. The van der Waals surface area contributed by atoms with Crippen molar-refractivity contribution in [3.63, 3.8) is 0 Å². The molecule has 0 unspecified atom stereocenters. The summed E-state index contributed by atoms with van der Waals surface area (Å²) in [4.78, 5) is 25.3. The number of rotatable bonds is 4. The van der Waals surface area contributed by atoms with Gasteiger partial charge in [-0.25, -0.2) is 0 Å². The summed E-state index contributed by atoms with van der Waals surface area (Å²) >= 11 is 6.78. The second-order valence-corrected chi connectivity index (χ2v) is 7.13. The number of nitrogens with one attached hydrogen (secondary N) is 1. The third kappa shape index (κ3) is 4.45. The first-order chi connectivity index (χ1) is 10.5. The van der Waals surface area contributed by atoms with E-state index in [-0.39, 0.29) is 11.2 Å². The number of hydrogen-bond donors (Lipinski definition) is 2. The van der Waals surface area contributed by atoms with Crippen molar-refractivity contribution in [3.8, 4) is 0 Å². The van der Waals surface area contributed by atoms with Crippen LogP contribution in [0.3, 0.4) is 0 Å². The van der Waals surface area contributed by atoms with Crippen LogP contribution in [0.25, 0.3) is 0 Å². The van der Waals surface area contributed by atoms with E-state index in [2.05, 4.69) is 10.2 Å². The Morgan fingerprint density at radius 2 is 1.86 bits per heavy atom. The maximum Gasteiger partial charge on any atom is 0.248 e. The van der Waals surface area contributed by atoms with E-state index < -0.39 is 5.91 Å². The Bertz CT molecular complexity index is 569. The Kier molecular flexibility index (Phi) is 5.79. The molecule has 1 atom stereocenters. The lowest BCUT2D eigenvalue weighted by atomic mass is 10.2. The highest BCUT2D eigenvalue weighted by Crippen LogP contribution is 2.21. The second-order valence-electron chi connectivity index (χ2n) is 5.15. The number of amides is 2. The highest BCUT2D eigenvalue weighted by atomic mass is 32.2. The number of anilines is 1. The van der Waals surface area contributed by atoms with Crippen molar-refractivity contribution in [2.75, 3.05) is 18.4 Å². The van der Waals surface area contributed by atoms with Gasteiger partial charge in [0, 0.05) is 24.3 Å². The van der Waals surface area contributed by atoms with Crippen LogP contribution in [-0.4, -0.2) is 39.4 Å². The Labute approximate surface area is 139 Å². The first-order valence-corrected chi connectivity index (χ1v) is 8.42. The number of benzene rings is 1. The fourth-order valence-electron chi connectivity index (χ4n) is 2.14. The quantitative estimate of drug-likeness (QED) is 0.824.